The minimum atomic E-state index is -0.342. The molecule has 7 nitrogen and oxygen atoms in total. The Hall–Kier alpha value is -3.03. The van der Waals surface area contributed by atoms with Crippen molar-refractivity contribution >= 4 is 23.4 Å². The predicted molar refractivity (Wildman–Crippen MR) is 111 cm³/mol. The lowest BCUT2D eigenvalue weighted by Gasteiger charge is -2.48. The van der Waals surface area contributed by atoms with Gasteiger partial charge in [0.2, 0.25) is 0 Å². The van der Waals surface area contributed by atoms with Crippen LogP contribution in [-0.2, 0) is 4.74 Å². The van der Waals surface area contributed by atoms with Crippen LogP contribution >= 0.6 is 0 Å². The molecule has 0 unspecified atom stereocenters. The van der Waals surface area contributed by atoms with Gasteiger partial charge in [-0.3, -0.25) is 19.3 Å². The van der Waals surface area contributed by atoms with E-state index in [-0.39, 0.29) is 23.3 Å². The molecule has 0 saturated carbocycles. The van der Waals surface area contributed by atoms with Crippen molar-refractivity contribution in [2.45, 2.75) is 18.4 Å². The second kappa shape index (κ2) is 7.34. The molecule has 2 saturated heterocycles. The van der Waals surface area contributed by atoms with Crippen molar-refractivity contribution in [3.05, 3.63) is 65.2 Å². The Bertz CT molecular complexity index is 972. The third-order valence-corrected chi connectivity index (χ3v) is 6.28. The molecule has 2 aromatic rings. The second-order valence-electron chi connectivity index (χ2n) is 8.13. The van der Waals surface area contributed by atoms with Crippen molar-refractivity contribution in [2.24, 2.45) is 0 Å². The molecule has 7 heteroatoms. The van der Waals surface area contributed by atoms with Crippen LogP contribution in [0.4, 0.5) is 5.69 Å². The first kappa shape index (κ1) is 19.0. The first-order valence-corrected chi connectivity index (χ1v) is 10.3. The summed E-state index contributed by atoms with van der Waals surface area (Å²) in [6.07, 6.45) is 2.38. The number of anilines is 1. The Labute approximate surface area is 174 Å². The van der Waals surface area contributed by atoms with Gasteiger partial charge in [-0.1, -0.05) is 12.1 Å². The van der Waals surface area contributed by atoms with Gasteiger partial charge >= 0.3 is 0 Å². The van der Waals surface area contributed by atoms with Crippen molar-refractivity contribution < 1.29 is 19.1 Å². The Morgan fingerprint density at radius 3 is 2.07 bits per heavy atom. The highest BCUT2D eigenvalue weighted by molar-refractivity contribution is 6.34. The lowest BCUT2D eigenvalue weighted by atomic mass is 9.95. The fourth-order valence-corrected chi connectivity index (χ4v) is 4.46. The second-order valence-corrected chi connectivity index (χ2v) is 8.13. The number of rotatable bonds is 5. The first-order chi connectivity index (χ1) is 14.6. The molecule has 5 rings (SSSR count). The number of amides is 3. The van der Waals surface area contributed by atoms with E-state index >= 15 is 0 Å². The molecule has 3 heterocycles. The van der Waals surface area contributed by atoms with E-state index in [1.165, 1.54) is 12.8 Å². The van der Waals surface area contributed by atoms with E-state index < -0.39 is 0 Å². The monoisotopic (exact) mass is 405 g/mol. The molecule has 0 aromatic heterocycles. The minimum absolute atomic E-state index is 0.0910. The van der Waals surface area contributed by atoms with Gasteiger partial charge in [0, 0.05) is 12.1 Å². The molecule has 3 amide bonds. The van der Waals surface area contributed by atoms with Crippen LogP contribution in [0.5, 0.6) is 0 Å². The van der Waals surface area contributed by atoms with Crippen LogP contribution in [0.1, 0.15) is 43.9 Å². The summed E-state index contributed by atoms with van der Waals surface area (Å²) in [5, 5.41) is 3.03. The number of carbonyl (C=O) groups excluding carboxylic acids is 3. The molecular weight excluding hydrogens is 382 g/mol. The molecule has 3 aliphatic rings. The Morgan fingerprint density at radius 1 is 0.933 bits per heavy atom. The van der Waals surface area contributed by atoms with Crippen molar-refractivity contribution in [3.63, 3.8) is 0 Å². The highest BCUT2D eigenvalue weighted by atomic mass is 16.5. The predicted octanol–water partition coefficient (Wildman–Crippen LogP) is 2.08. The van der Waals surface area contributed by atoms with Gasteiger partial charge in [0.25, 0.3) is 17.7 Å². The fourth-order valence-electron chi connectivity index (χ4n) is 4.46. The highest BCUT2D eigenvalue weighted by Crippen LogP contribution is 2.30. The summed E-state index contributed by atoms with van der Waals surface area (Å²) in [4.78, 5) is 41.5. The van der Waals surface area contributed by atoms with Crippen molar-refractivity contribution in [2.75, 3.05) is 37.7 Å². The van der Waals surface area contributed by atoms with Gasteiger partial charge in [0.1, 0.15) is 0 Å². The quantitative estimate of drug-likeness (QED) is 0.771. The van der Waals surface area contributed by atoms with Gasteiger partial charge in [-0.15, -0.1) is 0 Å². The zero-order valence-corrected chi connectivity index (χ0v) is 16.6. The molecule has 3 aliphatic heterocycles. The van der Waals surface area contributed by atoms with Gasteiger partial charge < -0.3 is 10.1 Å². The molecule has 2 aromatic carbocycles. The maximum atomic E-state index is 12.7. The van der Waals surface area contributed by atoms with Gasteiger partial charge in [0.05, 0.1) is 35.6 Å². The molecule has 0 bridgehead atoms. The number of benzene rings is 2. The molecule has 0 aliphatic carbocycles. The number of fused-ring (bicyclic) bond motifs is 1. The Morgan fingerprint density at radius 2 is 1.53 bits per heavy atom. The van der Waals surface area contributed by atoms with Gasteiger partial charge in [-0.25, -0.2) is 4.90 Å². The molecular formula is C23H23N3O4. The van der Waals surface area contributed by atoms with E-state index in [1.807, 2.05) is 0 Å². The normalized spacial score (nSPS) is 20.2. The number of ether oxygens (including phenoxy) is 1. The molecule has 30 heavy (non-hydrogen) atoms. The fraction of sp³-hybridized carbons (Fsp3) is 0.348. The van der Waals surface area contributed by atoms with Gasteiger partial charge in [0.15, 0.2) is 0 Å². The number of nitrogens with one attached hydrogen (secondary N) is 1. The average Bonchev–Trinajstić information content (AvgIpc) is 3.36. The average molecular weight is 405 g/mol. The van der Waals surface area contributed by atoms with E-state index in [1.54, 1.807) is 48.5 Å². The Balaban J connectivity index is 1.27. The number of imide groups is 1. The number of likely N-dealkylation sites (tertiary alicyclic amines) is 1. The topological polar surface area (TPSA) is 79.0 Å². The van der Waals surface area contributed by atoms with E-state index in [2.05, 4.69) is 10.2 Å². The van der Waals surface area contributed by atoms with Crippen molar-refractivity contribution in [3.8, 4) is 0 Å². The maximum Gasteiger partial charge on any atom is 0.266 e. The lowest BCUT2D eigenvalue weighted by molar-refractivity contribution is -0.130. The zero-order valence-electron chi connectivity index (χ0n) is 16.6. The van der Waals surface area contributed by atoms with Crippen LogP contribution in [0, 0.1) is 0 Å². The maximum absolute atomic E-state index is 12.7. The first-order valence-electron chi connectivity index (χ1n) is 10.3. The van der Waals surface area contributed by atoms with E-state index in [9.17, 15) is 14.4 Å². The number of carbonyl (C=O) groups is 3. The highest BCUT2D eigenvalue weighted by Gasteiger charge is 2.45. The summed E-state index contributed by atoms with van der Waals surface area (Å²) in [6.45, 7) is 3.94. The van der Waals surface area contributed by atoms with E-state index in [0.29, 0.717) is 42.1 Å². The minimum Gasteiger partial charge on any atom is -0.377 e. The molecule has 0 radical (unpaired) electrons. The van der Waals surface area contributed by atoms with Crippen LogP contribution in [-0.4, -0.2) is 61.0 Å². The molecule has 0 spiro atoms. The zero-order chi connectivity index (χ0) is 20.7. The Kier molecular flexibility index (Phi) is 4.64. The third kappa shape index (κ3) is 3.02. The molecule has 2 fully saturated rings. The number of hydrogen-bond donors (Lipinski definition) is 1. The summed E-state index contributed by atoms with van der Waals surface area (Å²) in [6, 6.07) is 13.3. The van der Waals surface area contributed by atoms with Gasteiger partial charge in [-0.2, -0.15) is 0 Å². The summed E-state index contributed by atoms with van der Waals surface area (Å²) in [5.41, 5.74) is 1.66. The molecule has 1 N–H and O–H groups in total. The van der Waals surface area contributed by atoms with Crippen LogP contribution in [0.3, 0.4) is 0 Å². The largest absolute Gasteiger partial charge is 0.377 e. The van der Waals surface area contributed by atoms with Gasteiger partial charge in [-0.05, 0) is 62.3 Å². The van der Waals surface area contributed by atoms with Crippen molar-refractivity contribution in [1.29, 1.82) is 0 Å². The van der Waals surface area contributed by atoms with Crippen LogP contribution in [0.2, 0.25) is 0 Å². The molecule has 154 valence electrons. The number of nitrogens with zero attached hydrogens (tertiary/aromatic N) is 2. The SMILES string of the molecule is O=C(NCC1(N2CCCC2)COC1)c1ccc(N2C(=O)c3ccccc3C2=O)cc1. The third-order valence-electron chi connectivity index (χ3n) is 6.28. The van der Waals surface area contributed by atoms with Crippen LogP contribution in [0.15, 0.2) is 48.5 Å². The summed E-state index contributed by atoms with van der Waals surface area (Å²) in [7, 11) is 0. The van der Waals surface area contributed by atoms with Crippen LogP contribution < -0.4 is 10.2 Å². The smallest absolute Gasteiger partial charge is 0.266 e. The van der Waals surface area contributed by atoms with E-state index in [0.717, 1.165) is 18.0 Å². The standard InChI is InChI=1S/C23H23N3O4/c27-20(24-13-23(14-30-15-23)25-11-3-4-12-25)16-7-9-17(10-8-16)26-21(28)18-5-1-2-6-19(18)22(26)29/h1-2,5-10H,3-4,11-15H2,(H,24,27). The summed E-state index contributed by atoms with van der Waals surface area (Å²) in [5.74, 6) is -0.856. The van der Waals surface area contributed by atoms with Crippen molar-refractivity contribution in [1.82, 2.24) is 10.2 Å². The number of hydrogen-bond acceptors (Lipinski definition) is 5. The molecule has 0 atom stereocenters. The van der Waals surface area contributed by atoms with E-state index in [4.69, 9.17) is 4.74 Å². The summed E-state index contributed by atoms with van der Waals surface area (Å²) < 4.78 is 5.45. The summed E-state index contributed by atoms with van der Waals surface area (Å²) >= 11 is 0. The lowest BCUT2D eigenvalue weighted by Crippen LogP contribution is -2.66. The van der Waals surface area contributed by atoms with Crippen LogP contribution in [0.25, 0.3) is 0 Å².